The number of ether oxygens (including phenoxy) is 1. The number of nitrogens with zero attached hydrogens (tertiary/aromatic N) is 3. The summed E-state index contributed by atoms with van der Waals surface area (Å²) in [5.74, 6) is 1.46. The summed E-state index contributed by atoms with van der Waals surface area (Å²) in [6.45, 7) is 6.88. The number of guanidine groups is 1. The van der Waals surface area contributed by atoms with E-state index in [4.69, 9.17) is 15.0 Å². The molecule has 1 atom stereocenters. The maximum absolute atomic E-state index is 9.05. The van der Waals surface area contributed by atoms with Gasteiger partial charge in [-0.2, -0.15) is 5.26 Å². The van der Waals surface area contributed by atoms with Crippen molar-refractivity contribution < 1.29 is 4.74 Å². The van der Waals surface area contributed by atoms with Crippen molar-refractivity contribution in [1.29, 1.82) is 5.26 Å². The molecule has 0 spiro atoms. The van der Waals surface area contributed by atoms with Crippen LogP contribution in [0.1, 0.15) is 30.0 Å². The summed E-state index contributed by atoms with van der Waals surface area (Å²) in [7, 11) is 0. The Morgan fingerprint density at radius 2 is 2.00 bits per heavy atom. The lowest BCUT2D eigenvalue weighted by atomic mass is 10.1. The van der Waals surface area contributed by atoms with Crippen LogP contribution in [0, 0.1) is 17.2 Å². The molecular weight excluding hydrogens is 475 g/mol. The van der Waals surface area contributed by atoms with Crippen LogP contribution in [0.4, 0.5) is 0 Å². The summed E-state index contributed by atoms with van der Waals surface area (Å²) in [4.78, 5) is 7.10. The van der Waals surface area contributed by atoms with Crippen molar-refractivity contribution in [3.8, 4) is 6.07 Å². The van der Waals surface area contributed by atoms with Crippen LogP contribution in [0.2, 0.25) is 0 Å². The Hall–Kier alpha value is -2.11. The Bertz CT molecular complexity index is 819. The molecule has 2 aromatic carbocycles. The Labute approximate surface area is 190 Å². The zero-order valence-corrected chi connectivity index (χ0v) is 19.2. The number of nitriles is 1. The highest BCUT2D eigenvalue weighted by molar-refractivity contribution is 14.0. The Morgan fingerprint density at radius 3 is 2.76 bits per heavy atom. The normalized spacial score (nSPS) is 16.2. The van der Waals surface area contributed by atoms with E-state index in [0.717, 1.165) is 44.2 Å². The third-order valence-corrected chi connectivity index (χ3v) is 4.85. The van der Waals surface area contributed by atoms with E-state index in [2.05, 4.69) is 35.3 Å². The molecule has 3 rings (SSSR count). The predicted molar refractivity (Wildman–Crippen MR) is 127 cm³/mol. The molecule has 5 nitrogen and oxygen atoms in total. The maximum Gasteiger partial charge on any atom is 0.194 e. The van der Waals surface area contributed by atoms with Crippen LogP contribution in [0.15, 0.2) is 59.6 Å². The van der Waals surface area contributed by atoms with Gasteiger partial charge in [0.1, 0.15) is 0 Å². The van der Waals surface area contributed by atoms with Crippen molar-refractivity contribution in [3.63, 3.8) is 0 Å². The van der Waals surface area contributed by atoms with E-state index in [0.29, 0.717) is 24.6 Å². The summed E-state index contributed by atoms with van der Waals surface area (Å²) < 4.78 is 5.93. The lowest BCUT2D eigenvalue weighted by Crippen LogP contribution is -2.40. The molecule has 1 aliphatic heterocycles. The van der Waals surface area contributed by atoms with E-state index >= 15 is 0 Å². The minimum Gasteiger partial charge on any atom is -0.376 e. The van der Waals surface area contributed by atoms with E-state index in [1.54, 1.807) is 0 Å². The topological polar surface area (TPSA) is 60.7 Å². The highest BCUT2D eigenvalue weighted by atomic mass is 127. The van der Waals surface area contributed by atoms with Crippen molar-refractivity contribution in [1.82, 2.24) is 10.2 Å². The second-order valence-electron chi connectivity index (χ2n) is 7.08. The molecule has 0 radical (unpaired) electrons. The van der Waals surface area contributed by atoms with Crippen molar-refractivity contribution in [2.75, 3.05) is 26.2 Å². The van der Waals surface area contributed by atoms with Crippen LogP contribution in [0.3, 0.4) is 0 Å². The fraction of sp³-hybridized carbons (Fsp3) is 0.391. The van der Waals surface area contributed by atoms with Gasteiger partial charge in [-0.15, -0.1) is 24.0 Å². The largest absolute Gasteiger partial charge is 0.376 e. The number of halogens is 1. The van der Waals surface area contributed by atoms with Gasteiger partial charge in [-0.25, -0.2) is 4.99 Å². The Kier molecular flexibility index (Phi) is 9.95. The molecule has 1 fully saturated rings. The molecule has 1 unspecified atom stereocenters. The summed E-state index contributed by atoms with van der Waals surface area (Å²) >= 11 is 0. The van der Waals surface area contributed by atoms with Crippen LogP contribution in [0.5, 0.6) is 0 Å². The fourth-order valence-electron chi connectivity index (χ4n) is 3.41. The molecule has 2 aromatic rings. The SMILES string of the molecule is CCNC(=NCc1cccc(C#N)c1)N1CCC(COCc2ccccc2)C1.I. The second kappa shape index (κ2) is 12.5. The van der Waals surface area contributed by atoms with Crippen LogP contribution >= 0.6 is 24.0 Å². The van der Waals surface area contributed by atoms with Crippen LogP contribution in [0.25, 0.3) is 0 Å². The minimum atomic E-state index is 0. The summed E-state index contributed by atoms with van der Waals surface area (Å²) in [6.07, 6.45) is 1.11. The van der Waals surface area contributed by atoms with Crippen LogP contribution < -0.4 is 5.32 Å². The highest BCUT2D eigenvalue weighted by Gasteiger charge is 2.25. The second-order valence-corrected chi connectivity index (χ2v) is 7.08. The maximum atomic E-state index is 9.05. The van der Waals surface area contributed by atoms with E-state index in [1.165, 1.54) is 5.56 Å². The van der Waals surface area contributed by atoms with Gasteiger partial charge in [0, 0.05) is 25.6 Å². The molecule has 0 amide bonds. The minimum absolute atomic E-state index is 0. The Morgan fingerprint density at radius 1 is 1.21 bits per heavy atom. The molecule has 0 aromatic heterocycles. The first-order valence-electron chi connectivity index (χ1n) is 9.92. The van der Waals surface area contributed by atoms with Gasteiger partial charge in [0.25, 0.3) is 0 Å². The molecule has 1 heterocycles. The van der Waals surface area contributed by atoms with E-state index < -0.39 is 0 Å². The van der Waals surface area contributed by atoms with Gasteiger partial charge in [-0.3, -0.25) is 0 Å². The molecular formula is C23H29IN4O. The van der Waals surface area contributed by atoms with Crippen molar-refractivity contribution in [2.24, 2.45) is 10.9 Å². The van der Waals surface area contributed by atoms with Gasteiger partial charge in [0.2, 0.25) is 0 Å². The molecule has 1 aliphatic rings. The lowest BCUT2D eigenvalue weighted by molar-refractivity contribution is 0.0906. The van der Waals surface area contributed by atoms with Gasteiger partial charge in [0.05, 0.1) is 31.4 Å². The average molecular weight is 504 g/mol. The zero-order chi connectivity index (χ0) is 19.6. The number of hydrogen-bond acceptors (Lipinski definition) is 3. The van der Waals surface area contributed by atoms with E-state index in [-0.39, 0.29) is 24.0 Å². The molecule has 1 N–H and O–H groups in total. The van der Waals surface area contributed by atoms with Gasteiger partial charge < -0.3 is 15.0 Å². The molecule has 6 heteroatoms. The van der Waals surface area contributed by atoms with E-state index in [1.807, 2.05) is 42.5 Å². The number of rotatable bonds is 7. The van der Waals surface area contributed by atoms with Crippen molar-refractivity contribution >= 4 is 29.9 Å². The van der Waals surface area contributed by atoms with Crippen molar-refractivity contribution in [3.05, 3.63) is 71.3 Å². The average Bonchev–Trinajstić information content (AvgIpc) is 3.21. The van der Waals surface area contributed by atoms with Gasteiger partial charge in [0.15, 0.2) is 5.96 Å². The number of likely N-dealkylation sites (tertiary alicyclic amines) is 1. The quantitative estimate of drug-likeness (QED) is 0.349. The van der Waals surface area contributed by atoms with Gasteiger partial charge >= 0.3 is 0 Å². The molecule has 0 saturated carbocycles. The molecule has 0 bridgehead atoms. The monoisotopic (exact) mass is 504 g/mol. The first-order chi connectivity index (χ1) is 13.8. The Balaban J connectivity index is 0.00000300. The standard InChI is InChI=1S/C23H28N4O.HI/c1-2-25-23(26-15-21-10-6-9-20(13-21)14-24)27-12-11-22(16-27)18-28-17-19-7-4-3-5-8-19;/h3-10,13,22H,2,11-12,15-18H2,1H3,(H,25,26);1H. The summed E-state index contributed by atoms with van der Waals surface area (Å²) in [5, 5.41) is 12.4. The first-order valence-corrected chi connectivity index (χ1v) is 9.92. The lowest BCUT2D eigenvalue weighted by Gasteiger charge is -2.21. The summed E-state index contributed by atoms with van der Waals surface area (Å²) in [6, 6.07) is 20.1. The summed E-state index contributed by atoms with van der Waals surface area (Å²) in [5.41, 5.74) is 2.94. The zero-order valence-electron chi connectivity index (χ0n) is 16.9. The molecule has 0 aliphatic carbocycles. The molecule has 154 valence electrons. The third-order valence-electron chi connectivity index (χ3n) is 4.85. The van der Waals surface area contributed by atoms with Crippen molar-refractivity contribution in [2.45, 2.75) is 26.5 Å². The van der Waals surface area contributed by atoms with E-state index in [9.17, 15) is 0 Å². The predicted octanol–water partition coefficient (Wildman–Crippen LogP) is 4.18. The number of nitrogens with one attached hydrogen (secondary N) is 1. The van der Waals surface area contributed by atoms with Gasteiger partial charge in [-0.1, -0.05) is 42.5 Å². The number of hydrogen-bond donors (Lipinski definition) is 1. The number of benzene rings is 2. The highest BCUT2D eigenvalue weighted by Crippen LogP contribution is 2.18. The number of aliphatic imine (C=N–C) groups is 1. The smallest absolute Gasteiger partial charge is 0.194 e. The molecule has 29 heavy (non-hydrogen) atoms. The third kappa shape index (κ3) is 7.33. The van der Waals surface area contributed by atoms with Crippen LogP contribution in [-0.2, 0) is 17.9 Å². The van der Waals surface area contributed by atoms with Gasteiger partial charge in [-0.05, 0) is 36.6 Å². The fourth-order valence-corrected chi connectivity index (χ4v) is 3.41. The first kappa shape index (κ1) is 23.2. The van der Waals surface area contributed by atoms with Crippen LogP contribution in [-0.4, -0.2) is 37.1 Å². The molecule has 1 saturated heterocycles.